The quantitative estimate of drug-likeness (QED) is 0.547. The minimum atomic E-state index is 0.774. The van der Waals surface area contributed by atoms with Crippen molar-refractivity contribution in [2.24, 2.45) is 0 Å². The van der Waals surface area contributed by atoms with Crippen LogP contribution in [-0.4, -0.2) is 16.6 Å². The van der Waals surface area contributed by atoms with Gasteiger partial charge in [0.1, 0.15) is 0 Å². The van der Waals surface area contributed by atoms with E-state index in [-0.39, 0.29) is 0 Å². The van der Waals surface area contributed by atoms with E-state index in [2.05, 4.69) is 32.0 Å². The SMILES string of the molecule is Cc1cccc(C)c1[O][AlH2]. The Labute approximate surface area is 69.8 Å². The van der Waals surface area contributed by atoms with Gasteiger partial charge in [-0.25, -0.2) is 0 Å². The largest absolute Gasteiger partial charge is 0.647 e. The molecule has 0 fully saturated rings. The molecule has 1 aromatic carbocycles. The van der Waals surface area contributed by atoms with Crippen LogP contribution in [-0.2, 0) is 0 Å². The molecule has 0 heterocycles. The van der Waals surface area contributed by atoms with Crippen molar-refractivity contribution in [1.29, 1.82) is 0 Å². The number of rotatable bonds is 1. The predicted molar refractivity (Wildman–Crippen MR) is 45.1 cm³/mol. The van der Waals surface area contributed by atoms with Crippen molar-refractivity contribution < 1.29 is 3.79 Å². The topological polar surface area (TPSA) is 9.23 Å². The lowest BCUT2D eigenvalue weighted by Crippen LogP contribution is -1.91. The molecule has 0 bridgehead atoms. The Bertz CT molecular complexity index is 212. The van der Waals surface area contributed by atoms with E-state index in [4.69, 9.17) is 3.79 Å². The molecule has 0 saturated heterocycles. The third-order valence-corrected chi connectivity index (χ3v) is 2.02. The van der Waals surface area contributed by atoms with Gasteiger partial charge in [-0.1, -0.05) is 18.2 Å². The average molecular weight is 150 g/mol. The van der Waals surface area contributed by atoms with E-state index in [1.807, 2.05) is 0 Å². The molecule has 0 unspecified atom stereocenters. The highest BCUT2D eigenvalue weighted by Gasteiger charge is 1.97. The molecule has 1 aromatic rings. The maximum Gasteiger partial charge on any atom is 0.496 e. The Morgan fingerprint density at radius 3 is 2.00 bits per heavy atom. The summed E-state index contributed by atoms with van der Waals surface area (Å²) in [6.45, 7) is 4.14. The van der Waals surface area contributed by atoms with Gasteiger partial charge in [-0.3, -0.25) is 0 Å². The summed E-state index contributed by atoms with van der Waals surface area (Å²) in [5.41, 5.74) is 2.46. The maximum atomic E-state index is 5.31. The first-order valence-electron chi connectivity index (χ1n) is 3.36. The number of benzene rings is 1. The van der Waals surface area contributed by atoms with Crippen molar-refractivity contribution >= 4 is 16.6 Å². The zero-order valence-electron chi connectivity index (χ0n) is 6.64. The first-order chi connectivity index (χ1) is 4.75. The lowest BCUT2D eigenvalue weighted by Gasteiger charge is -2.08. The van der Waals surface area contributed by atoms with E-state index in [1.54, 1.807) is 0 Å². The van der Waals surface area contributed by atoms with E-state index in [9.17, 15) is 0 Å². The van der Waals surface area contributed by atoms with E-state index in [0.717, 1.165) is 22.4 Å². The van der Waals surface area contributed by atoms with Crippen molar-refractivity contribution in [2.45, 2.75) is 13.8 Å². The molecule has 52 valence electrons. The van der Waals surface area contributed by atoms with Crippen LogP contribution in [0.25, 0.3) is 0 Å². The van der Waals surface area contributed by atoms with Crippen LogP contribution < -0.4 is 3.79 Å². The minimum Gasteiger partial charge on any atom is -0.647 e. The van der Waals surface area contributed by atoms with E-state index in [0.29, 0.717) is 0 Å². The Morgan fingerprint density at radius 2 is 1.70 bits per heavy atom. The minimum absolute atomic E-state index is 0.774. The third-order valence-electron chi connectivity index (χ3n) is 1.61. The molecule has 0 amide bonds. The standard InChI is InChI=1S/C8H10O.Al.2H/c1-6-4-3-5-7(2)8(6)9;;;/h3-5,9H,1-2H3;;;/q;+1;;/p-1. The molecule has 10 heavy (non-hydrogen) atoms. The monoisotopic (exact) mass is 150 g/mol. The van der Waals surface area contributed by atoms with Gasteiger partial charge in [-0.15, -0.1) is 0 Å². The van der Waals surface area contributed by atoms with Crippen LogP contribution in [0.3, 0.4) is 0 Å². The van der Waals surface area contributed by atoms with Crippen LogP contribution in [0.1, 0.15) is 11.1 Å². The zero-order valence-corrected chi connectivity index (χ0v) is 8.64. The van der Waals surface area contributed by atoms with Gasteiger partial charge in [0.25, 0.3) is 0 Å². The molecule has 0 aliphatic heterocycles. The Hall–Kier alpha value is -0.448. The molecule has 0 radical (unpaired) electrons. The van der Waals surface area contributed by atoms with Gasteiger partial charge in [-0.05, 0) is 25.0 Å². The van der Waals surface area contributed by atoms with Crippen LogP contribution in [0.15, 0.2) is 18.2 Å². The van der Waals surface area contributed by atoms with Crippen LogP contribution >= 0.6 is 0 Å². The van der Waals surface area contributed by atoms with E-state index < -0.39 is 0 Å². The number of hydrogen-bond acceptors (Lipinski definition) is 1. The van der Waals surface area contributed by atoms with Crippen molar-refractivity contribution in [2.75, 3.05) is 0 Å². The molecule has 0 N–H and O–H groups in total. The zero-order chi connectivity index (χ0) is 7.56. The highest BCUT2D eigenvalue weighted by Crippen LogP contribution is 2.20. The fourth-order valence-electron chi connectivity index (χ4n) is 1.12. The van der Waals surface area contributed by atoms with E-state index in [1.165, 1.54) is 11.1 Å². The summed E-state index contributed by atoms with van der Waals surface area (Å²) in [6, 6.07) is 6.19. The molecule has 0 aliphatic rings. The predicted octanol–water partition coefficient (Wildman–Crippen LogP) is 1.23. The highest BCUT2D eigenvalue weighted by atomic mass is 27.1. The number of aryl methyl sites for hydroxylation is 2. The summed E-state index contributed by atoms with van der Waals surface area (Å²) in [7, 11) is 0. The van der Waals surface area contributed by atoms with Crippen molar-refractivity contribution in [3.05, 3.63) is 29.3 Å². The van der Waals surface area contributed by atoms with Crippen LogP contribution in [0.2, 0.25) is 0 Å². The van der Waals surface area contributed by atoms with Crippen molar-refractivity contribution in [3.63, 3.8) is 0 Å². The Kier molecular flexibility index (Phi) is 2.37. The molecular formula is C8H11AlO. The molecular weight excluding hydrogens is 139 g/mol. The lowest BCUT2D eigenvalue weighted by molar-refractivity contribution is 0.604. The first kappa shape index (κ1) is 7.66. The van der Waals surface area contributed by atoms with Crippen LogP contribution in [0, 0.1) is 13.8 Å². The molecule has 2 heteroatoms. The van der Waals surface area contributed by atoms with Gasteiger partial charge in [0.2, 0.25) is 0 Å². The van der Waals surface area contributed by atoms with Crippen LogP contribution in [0.5, 0.6) is 5.75 Å². The van der Waals surface area contributed by atoms with Gasteiger partial charge in [-0.2, -0.15) is 0 Å². The second-order valence-corrected chi connectivity index (χ2v) is 2.83. The van der Waals surface area contributed by atoms with Gasteiger partial charge < -0.3 is 3.79 Å². The summed E-state index contributed by atoms with van der Waals surface area (Å²) in [5, 5.41) is 0. The fourth-order valence-corrected chi connectivity index (χ4v) is 1.77. The summed E-state index contributed by atoms with van der Waals surface area (Å²) in [4.78, 5) is 0. The molecule has 0 spiro atoms. The average Bonchev–Trinajstić information content (AvgIpc) is 1.88. The van der Waals surface area contributed by atoms with Gasteiger partial charge in [0, 0.05) is 0 Å². The molecule has 0 aromatic heterocycles. The molecule has 1 rings (SSSR count). The summed E-state index contributed by atoms with van der Waals surface area (Å²) in [6.07, 6.45) is 0. The summed E-state index contributed by atoms with van der Waals surface area (Å²) >= 11 is 0.774. The number of para-hydroxylation sites is 1. The maximum absolute atomic E-state index is 5.31. The fraction of sp³-hybridized carbons (Fsp3) is 0.250. The highest BCUT2D eigenvalue weighted by molar-refractivity contribution is 6.00. The molecule has 0 saturated carbocycles. The van der Waals surface area contributed by atoms with Crippen LogP contribution in [0.4, 0.5) is 0 Å². The van der Waals surface area contributed by atoms with E-state index >= 15 is 0 Å². The normalized spacial score (nSPS) is 9.40. The molecule has 0 aliphatic carbocycles. The number of hydrogen-bond donors (Lipinski definition) is 0. The second kappa shape index (κ2) is 3.10. The smallest absolute Gasteiger partial charge is 0.496 e. The molecule has 1 nitrogen and oxygen atoms in total. The third kappa shape index (κ3) is 1.34. The van der Waals surface area contributed by atoms with Gasteiger partial charge in [0.05, 0.1) is 5.75 Å². The Morgan fingerprint density at radius 1 is 1.20 bits per heavy atom. The van der Waals surface area contributed by atoms with Crippen molar-refractivity contribution in [1.82, 2.24) is 0 Å². The van der Waals surface area contributed by atoms with Gasteiger partial charge >= 0.3 is 16.6 Å². The van der Waals surface area contributed by atoms with Gasteiger partial charge in [0.15, 0.2) is 0 Å². The summed E-state index contributed by atoms with van der Waals surface area (Å²) in [5.74, 6) is 1.06. The lowest BCUT2D eigenvalue weighted by atomic mass is 10.1. The first-order valence-corrected chi connectivity index (χ1v) is 4.17. The molecule has 0 atom stereocenters. The second-order valence-electron chi connectivity index (χ2n) is 2.43. The Balaban J connectivity index is 3.17. The van der Waals surface area contributed by atoms with Crippen molar-refractivity contribution in [3.8, 4) is 5.75 Å². The summed E-state index contributed by atoms with van der Waals surface area (Å²) < 4.78 is 5.31.